The summed E-state index contributed by atoms with van der Waals surface area (Å²) in [7, 11) is -2.56. The Bertz CT molecular complexity index is 700. The Morgan fingerprint density at radius 2 is 2.14 bits per heavy atom. The van der Waals surface area contributed by atoms with E-state index in [0.717, 1.165) is 4.90 Å². The fourth-order valence-corrected chi connectivity index (χ4v) is 2.99. The van der Waals surface area contributed by atoms with Crippen LogP contribution >= 0.6 is 0 Å². The topological polar surface area (TPSA) is 127 Å². The van der Waals surface area contributed by atoms with E-state index in [1.54, 1.807) is 0 Å². The van der Waals surface area contributed by atoms with Gasteiger partial charge in [0.2, 0.25) is 15.9 Å². The number of amides is 1. The third-order valence-corrected chi connectivity index (χ3v) is 4.53. The number of carbonyl (C=O) groups is 2. The van der Waals surface area contributed by atoms with Crippen LogP contribution in [0.1, 0.15) is 16.8 Å². The number of hydrogen-bond donors (Lipinski definition) is 2. The lowest BCUT2D eigenvalue weighted by Gasteiger charge is -2.20. The van der Waals surface area contributed by atoms with Gasteiger partial charge in [0.05, 0.1) is 12.8 Å². The number of carboxylic acid groups (broad SMARTS) is 1. The molecule has 114 valence electrons. The van der Waals surface area contributed by atoms with Gasteiger partial charge >= 0.3 is 5.97 Å². The van der Waals surface area contributed by atoms with Gasteiger partial charge in [0.15, 0.2) is 0 Å². The van der Waals surface area contributed by atoms with E-state index < -0.39 is 27.1 Å². The van der Waals surface area contributed by atoms with Crippen LogP contribution in [0.2, 0.25) is 0 Å². The Morgan fingerprint density at radius 1 is 1.48 bits per heavy atom. The van der Waals surface area contributed by atoms with Gasteiger partial charge in [0, 0.05) is 13.0 Å². The highest BCUT2D eigenvalue weighted by molar-refractivity contribution is 7.89. The van der Waals surface area contributed by atoms with Crippen LogP contribution < -0.4 is 14.8 Å². The molecule has 1 fully saturated rings. The Labute approximate surface area is 121 Å². The Hall–Kier alpha value is -2.13. The number of hydrogen-bond acceptors (Lipinski definition) is 5. The fourth-order valence-electron chi connectivity index (χ4n) is 2.26. The second-order valence-corrected chi connectivity index (χ2v) is 6.42. The summed E-state index contributed by atoms with van der Waals surface area (Å²) in [5.41, 5.74) is -0.0959. The molecule has 1 aromatic carbocycles. The number of aromatic carboxylic acids is 1. The number of carboxylic acids is 1. The number of nitrogens with two attached hydrogens (primary N) is 1. The van der Waals surface area contributed by atoms with Crippen LogP contribution in [0.25, 0.3) is 0 Å². The van der Waals surface area contributed by atoms with Crippen molar-refractivity contribution in [2.24, 2.45) is 5.14 Å². The number of primary sulfonamides is 1. The van der Waals surface area contributed by atoms with Crippen molar-refractivity contribution in [3.63, 3.8) is 0 Å². The van der Waals surface area contributed by atoms with Gasteiger partial charge in [-0.2, -0.15) is 0 Å². The summed E-state index contributed by atoms with van der Waals surface area (Å²) in [5.74, 6) is -1.68. The highest BCUT2D eigenvalue weighted by atomic mass is 32.2. The van der Waals surface area contributed by atoms with Gasteiger partial charge in [-0.1, -0.05) is 6.07 Å². The SMILES string of the molecule is COc1cccc(N2CC(S(N)(=O)=O)CC2=O)c1C(=O)O. The van der Waals surface area contributed by atoms with Gasteiger partial charge < -0.3 is 14.7 Å². The molecule has 0 bridgehead atoms. The van der Waals surface area contributed by atoms with E-state index in [4.69, 9.17) is 9.88 Å². The van der Waals surface area contributed by atoms with Crippen molar-refractivity contribution < 1.29 is 27.9 Å². The number of anilines is 1. The first-order chi connectivity index (χ1) is 9.75. The average molecular weight is 314 g/mol. The molecule has 2 rings (SSSR count). The molecule has 1 aliphatic rings. The summed E-state index contributed by atoms with van der Waals surface area (Å²) in [6, 6.07) is 4.40. The van der Waals surface area contributed by atoms with Crippen LogP contribution in [-0.4, -0.2) is 44.3 Å². The van der Waals surface area contributed by atoms with Crippen LogP contribution in [0.5, 0.6) is 5.75 Å². The maximum atomic E-state index is 12.0. The molecule has 0 aliphatic carbocycles. The summed E-state index contributed by atoms with van der Waals surface area (Å²) in [5, 5.41) is 13.3. The van der Waals surface area contributed by atoms with Crippen LogP contribution in [0, 0.1) is 0 Å². The van der Waals surface area contributed by atoms with Crippen LogP contribution in [-0.2, 0) is 14.8 Å². The maximum Gasteiger partial charge on any atom is 0.341 e. The zero-order chi connectivity index (χ0) is 15.8. The number of benzene rings is 1. The molecule has 1 unspecified atom stereocenters. The molecule has 1 aromatic rings. The molecule has 3 N–H and O–H groups in total. The minimum absolute atomic E-state index is 0.0897. The lowest BCUT2D eigenvalue weighted by atomic mass is 10.1. The van der Waals surface area contributed by atoms with Crippen LogP contribution in [0.15, 0.2) is 18.2 Å². The molecule has 9 heteroatoms. The van der Waals surface area contributed by atoms with E-state index >= 15 is 0 Å². The van der Waals surface area contributed by atoms with Gasteiger partial charge in [-0.3, -0.25) is 4.79 Å². The Balaban J connectivity index is 2.48. The summed E-state index contributed by atoms with van der Waals surface area (Å²) < 4.78 is 27.7. The first kappa shape index (κ1) is 15.3. The molecule has 1 amide bonds. The number of carbonyl (C=O) groups excluding carboxylic acids is 1. The predicted molar refractivity (Wildman–Crippen MR) is 73.8 cm³/mol. The summed E-state index contributed by atoms with van der Waals surface area (Å²) in [4.78, 5) is 24.5. The molecular formula is C12H14N2O6S. The van der Waals surface area contributed by atoms with Gasteiger partial charge in [0.1, 0.15) is 16.6 Å². The molecule has 8 nitrogen and oxygen atoms in total. The summed E-state index contributed by atoms with van der Waals surface area (Å²) in [6.07, 6.45) is -0.269. The number of ether oxygens (including phenoxy) is 1. The largest absolute Gasteiger partial charge is 0.496 e. The van der Waals surface area contributed by atoms with E-state index in [9.17, 15) is 23.1 Å². The molecule has 1 heterocycles. The van der Waals surface area contributed by atoms with Crippen LogP contribution in [0.4, 0.5) is 5.69 Å². The van der Waals surface area contributed by atoms with Crippen molar-refractivity contribution >= 4 is 27.6 Å². The van der Waals surface area contributed by atoms with Gasteiger partial charge in [0.25, 0.3) is 0 Å². The number of rotatable bonds is 4. The van der Waals surface area contributed by atoms with E-state index in [-0.39, 0.29) is 30.0 Å². The average Bonchev–Trinajstić information content (AvgIpc) is 2.79. The zero-order valence-electron chi connectivity index (χ0n) is 11.1. The molecular weight excluding hydrogens is 300 g/mol. The van der Waals surface area contributed by atoms with Gasteiger partial charge in [-0.25, -0.2) is 18.4 Å². The van der Waals surface area contributed by atoms with E-state index in [1.165, 1.54) is 25.3 Å². The Kier molecular flexibility index (Phi) is 3.88. The third-order valence-electron chi connectivity index (χ3n) is 3.28. The molecule has 1 aliphatic heterocycles. The van der Waals surface area contributed by atoms with Crippen molar-refractivity contribution in [2.45, 2.75) is 11.7 Å². The molecule has 0 spiro atoms. The molecule has 0 radical (unpaired) electrons. The van der Waals surface area contributed by atoms with Crippen LogP contribution in [0.3, 0.4) is 0 Å². The minimum Gasteiger partial charge on any atom is -0.496 e. The van der Waals surface area contributed by atoms with Crippen molar-refractivity contribution in [1.29, 1.82) is 0 Å². The third kappa shape index (κ3) is 2.83. The highest BCUT2D eigenvalue weighted by Crippen LogP contribution is 2.32. The summed E-state index contributed by atoms with van der Waals surface area (Å²) >= 11 is 0. The maximum absolute atomic E-state index is 12.0. The standard InChI is InChI=1S/C12H14N2O6S/c1-20-9-4-2-3-8(11(9)12(16)17)14-6-7(5-10(14)15)21(13,18)19/h2-4,7H,5-6H2,1H3,(H,16,17)(H2,13,18,19). The Morgan fingerprint density at radius 3 is 2.62 bits per heavy atom. The smallest absolute Gasteiger partial charge is 0.341 e. The first-order valence-electron chi connectivity index (χ1n) is 5.98. The molecule has 0 saturated carbocycles. The van der Waals surface area contributed by atoms with Gasteiger partial charge in [-0.15, -0.1) is 0 Å². The minimum atomic E-state index is -3.87. The van der Waals surface area contributed by atoms with E-state index in [1.807, 2.05) is 0 Å². The van der Waals surface area contributed by atoms with Crippen molar-refractivity contribution in [1.82, 2.24) is 0 Å². The lowest BCUT2D eigenvalue weighted by Crippen LogP contribution is -2.32. The van der Waals surface area contributed by atoms with E-state index in [0.29, 0.717) is 0 Å². The first-order valence-corrected chi connectivity index (χ1v) is 7.59. The highest BCUT2D eigenvalue weighted by Gasteiger charge is 2.39. The monoisotopic (exact) mass is 314 g/mol. The summed E-state index contributed by atoms with van der Waals surface area (Å²) in [6.45, 7) is -0.175. The quantitative estimate of drug-likeness (QED) is 0.791. The molecule has 1 saturated heterocycles. The predicted octanol–water partition coefficient (Wildman–Crippen LogP) is -0.213. The van der Waals surface area contributed by atoms with Crippen molar-refractivity contribution in [3.05, 3.63) is 23.8 Å². The zero-order valence-corrected chi connectivity index (χ0v) is 12.0. The van der Waals surface area contributed by atoms with Gasteiger partial charge in [-0.05, 0) is 12.1 Å². The molecule has 0 aromatic heterocycles. The number of methoxy groups -OCH3 is 1. The molecule has 21 heavy (non-hydrogen) atoms. The molecule has 1 atom stereocenters. The fraction of sp³-hybridized carbons (Fsp3) is 0.333. The van der Waals surface area contributed by atoms with E-state index in [2.05, 4.69) is 0 Å². The second kappa shape index (κ2) is 5.34. The number of sulfonamides is 1. The van der Waals surface area contributed by atoms with Crippen molar-refractivity contribution in [2.75, 3.05) is 18.6 Å². The normalized spacial score (nSPS) is 18.9. The lowest BCUT2D eigenvalue weighted by molar-refractivity contribution is -0.117. The van der Waals surface area contributed by atoms with Crippen molar-refractivity contribution in [3.8, 4) is 5.75 Å². The number of nitrogens with zero attached hydrogens (tertiary/aromatic N) is 1. The second-order valence-electron chi connectivity index (χ2n) is 4.58.